The fourth-order valence-electron chi connectivity index (χ4n) is 3.35. The Bertz CT molecular complexity index is 1340. The Labute approximate surface area is 162 Å². The Balaban J connectivity index is 1.86. The monoisotopic (exact) mass is 366 g/mol. The molecule has 0 amide bonds. The second-order valence-electron chi connectivity index (χ2n) is 6.87. The van der Waals surface area contributed by atoms with E-state index in [4.69, 9.17) is 14.4 Å². The molecule has 28 heavy (non-hydrogen) atoms. The maximum Gasteiger partial charge on any atom is 0.155 e. The van der Waals surface area contributed by atoms with Crippen molar-refractivity contribution in [2.45, 2.75) is 0 Å². The molecule has 0 saturated heterocycles. The van der Waals surface area contributed by atoms with Gasteiger partial charge in [-0.3, -0.25) is 4.98 Å². The van der Waals surface area contributed by atoms with Gasteiger partial charge in [-0.2, -0.15) is 0 Å². The number of nitrogens with zero attached hydrogens (tertiary/aromatic N) is 4. The molecule has 5 rings (SSSR count). The van der Waals surface area contributed by atoms with Gasteiger partial charge in [0.1, 0.15) is 11.2 Å². The Morgan fingerprint density at radius 3 is 2.46 bits per heavy atom. The number of fused-ring (bicyclic) bond motifs is 4. The quantitative estimate of drug-likeness (QED) is 0.333. The standard InChI is InChI=1S/C23H18N4O/c1-27(2)16-7-8-19-21(13-16)28-22-14-20(25-15-9-11-24-12-10-15)17-5-3-4-6-18(17)23(22)26-19/h3-14H,1-2H3/b25-20+. The van der Waals surface area contributed by atoms with Gasteiger partial charge in [0.05, 0.1) is 11.0 Å². The van der Waals surface area contributed by atoms with Crippen LogP contribution in [0.3, 0.4) is 0 Å². The summed E-state index contributed by atoms with van der Waals surface area (Å²) in [4.78, 5) is 15.8. The van der Waals surface area contributed by atoms with E-state index in [-0.39, 0.29) is 0 Å². The topological polar surface area (TPSA) is 54.5 Å². The largest absolute Gasteiger partial charge is 0.453 e. The molecular formula is C23H18N4O. The maximum absolute atomic E-state index is 6.26. The van der Waals surface area contributed by atoms with Crippen molar-refractivity contribution >= 4 is 33.2 Å². The van der Waals surface area contributed by atoms with E-state index < -0.39 is 0 Å². The summed E-state index contributed by atoms with van der Waals surface area (Å²) in [6.07, 6.45) is 3.48. The van der Waals surface area contributed by atoms with Crippen LogP contribution < -0.4 is 10.3 Å². The van der Waals surface area contributed by atoms with Gasteiger partial charge in [0, 0.05) is 55.1 Å². The predicted molar refractivity (Wildman–Crippen MR) is 112 cm³/mol. The van der Waals surface area contributed by atoms with Crippen LogP contribution in [0.25, 0.3) is 33.3 Å². The lowest BCUT2D eigenvalue weighted by atomic mass is 10.0. The van der Waals surface area contributed by atoms with E-state index in [9.17, 15) is 0 Å². The predicted octanol–water partition coefficient (Wildman–Crippen LogP) is 4.78. The van der Waals surface area contributed by atoms with E-state index in [1.807, 2.05) is 67.5 Å². The highest BCUT2D eigenvalue weighted by atomic mass is 16.3. The summed E-state index contributed by atoms with van der Waals surface area (Å²) in [6.45, 7) is 0. The Hall–Kier alpha value is -3.73. The van der Waals surface area contributed by atoms with E-state index in [2.05, 4.69) is 17.1 Å². The maximum atomic E-state index is 6.26. The molecule has 1 aliphatic heterocycles. The van der Waals surface area contributed by atoms with Crippen LogP contribution in [0.4, 0.5) is 11.4 Å². The van der Waals surface area contributed by atoms with E-state index in [0.29, 0.717) is 0 Å². The first-order chi connectivity index (χ1) is 13.7. The summed E-state index contributed by atoms with van der Waals surface area (Å²) in [5.41, 5.74) is 4.35. The van der Waals surface area contributed by atoms with Crippen molar-refractivity contribution in [2.75, 3.05) is 19.0 Å². The normalized spacial score (nSPS) is 12.1. The summed E-state index contributed by atoms with van der Waals surface area (Å²) in [6, 6.07) is 19.9. The lowest BCUT2D eigenvalue weighted by Crippen LogP contribution is -2.08. The number of pyridine rings is 1. The second-order valence-corrected chi connectivity index (χ2v) is 6.87. The molecule has 0 fully saturated rings. The highest BCUT2D eigenvalue weighted by molar-refractivity contribution is 5.96. The third-order valence-electron chi connectivity index (χ3n) is 4.78. The minimum absolute atomic E-state index is 0.718. The fourth-order valence-corrected chi connectivity index (χ4v) is 3.35. The van der Waals surface area contributed by atoms with Gasteiger partial charge in [0.15, 0.2) is 11.3 Å². The molecule has 0 atom stereocenters. The van der Waals surface area contributed by atoms with Crippen molar-refractivity contribution in [1.82, 2.24) is 9.97 Å². The van der Waals surface area contributed by atoms with Gasteiger partial charge in [-0.05, 0) is 24.3 Å². The first-order valence-electron chi connectivity index (χ1n) is 9.07. The molecule has 2 heterocycles. The van der Waals surface area contributed by atoms with Gasteiger partial charge in [-0.15, -0.1) is 0 Å². The van der Waals surface area contributed by atoms with Crippen LogP contribution in [-0.4, -0.2) is 24.1 Å². The molecule has 5 nitrogen and oxygen atoms in total. The van der Waals surface area contributed by atoms with Gasteiger partial charge in [-0.25, -0.2) is 9.98 Å². The van der Waals surface area contributed by atoms with Crippen LogP contribution in [0.15, 0.2) is 82.5 Å². The van der Waals surface area contributed by atoms with Gasteiger partial charge < -0.3 is 9.32 Å². The van der Waals surface area contributed by atoms with Crippen LogP contribution >= 0.6 is 0 Å². The van der Waals surface area contributed by atoms with Crippen LogP contribution in [0.5, 0.6) is 0 Å². The van der Waals surface area contributed by atoms with Crippen molar-refractivity contribution in [3.63, 3.8) is 0 Å². The molecule has 0 unspecified atom stereocenters. The average Bonchev–Trinajstić information content (AvgIpc) is 2.73. The van der Waals surface area contributed by atoms with E-state index in [0.717, 1.165) is 50.1 Å². The van der Waals surface area contributed by atoms with Crippen molar-refractivity contribution in [3.05, 3.63) is 78.4 Å². The molecule has 0 bridgehead atoms. The summed E-state index contributed by atoms with van der Waals surface area (Å²) in [7, 11) is 4.02. The smallest absolute Gasteiger partial charge is 0.155 e. The molecule has 2 aromatic carbocycles. The lowest BCUT2D eigenvalue weighted by Gasteiger charge is -2.14. The summed E-state index contributed by atoms with van der Waals surface area (Å²) >= 11 is 0. The molecule has 3 aromatic rings. The molecule has 1 aliphatic carbocycles. The molecule has 5 heteroatoms. The molecule has 136 valence electrons. The van der Waals surface area contributed by atoms with E-state index in [1.54, 1.807) is 12.4 Å². The molecule has 0 radical (unpaired) electrons. The number of anilines is 1. The highest BCUT2D eigenvalue weighted by Crippen LogP contribution is 2.31. The minimum Gasteiger partial charge on any atom is -0.453 e. The molecule has 0 saturated carbocycles. The summed E-state index contributed by atoms with van der Waals surface area (Å²) in [5, 5.41) is 2.91. The summed E-state index contributed by atoms with van der Waals surface area (Å²) in [5.74, 6) is 0.718. The zero-order valence-electron chi connectivity index (χ0n) is 15.6. The van der Waals surface area contributed by atoms with Crippen LogP contribution in [0, 0.1) is 0 Å². The van der Waals surface area contributed by atoms with Gasteiger partial charge in [0.2, 0.25) is 0 Å². The van der Waals surface area contributed by atoms with Gasteiger partial charge >= 0.3 is 0 Å². The minimum atomic E-state index is 0.718. The molecule has 0 spiro atoms. The molecular weight excluding hydrogens is 348 g/mol. The third kappa shape index (κ3) is 2.77. The molecule has 1 aromatic heterocycles. The van der Waals surface area contributed by atoms with Gasteiger partial charge in [0.25, 0.3) is 0 Å². The van der Waals surface area contributed by atoms with E-state index >= 15 is 0 Å². The number of aromatic nitrogens is 2. The number of rotatable bonds is 2. The zero-order chi connectivity index (χ0) is 19.1. The summed E-state index contributed by atoms with van der Waals surface area (Å²) < 4.78 is 6.26. The van der Waals surface area contributed by atoms with Crippen LogP contribution in [-0.2, 0) is 0 Å². The number of hydrogen-bond donors (Lipinski definition) is 0. The second kappa shape index (κ2) is 6.46. The number of benzene rings is 3. The molecule has 0 N–H and O–H groups in total. The SMILES string of the molecule is CN(C)c1ccc2nc3c4ccccc4/c(=N/c4ccncc4)cc-3oc2c1. The van der Waals surface area contributed by atoms with Crippen molar-refractivity contribution in [1.29, 1.82) is 0 Å². The van der Waals surface area contributed by atoms with Crippen LogP contribution in [0.1, 0.15) is 0 Å². The first-order valence-corrected chi connectivity index (χ1v) is 9.07. The van der Waals surface area contributed by atoms with Crippen molar-refractivity contribution < 1.29 is 4.42 Å². The Morgan fingerprint density at radius 1 is 0.893 bits per heavy atom. The van der Waals surface area contributed by atoms with Gasteiger partial charge in [-0.1, -0.05) is 24.3 Å². The van der Waals surface area contributed by atoms with Crippen LogP contribution in [0.2, 0.25) is 0 Å². The Kier molecular flexibility index (Phi) is 3.79. The van der Waals surface area contributed by atoms with E-state index in [1.165, 1.54) is 0 Å². The van der Waals surface area contributed by atoms with Crippen molar-refractivity contribution in [2.24, 2.45) is 4.99 Å². The van der Waals surface area contributed by atoms with Crippen molar-refractivity contribution in [3.8, 4) is 11.5 Å². The molecule has 2 aliphatic rings. The average molecular weight is 366 g/mol. The first kappa shape index (κ1) is 16.4. The Morgan fingerprint density at radius 2 is 1.68 bits per heavy atom. The third-order valence-corrected chi connectivity index (χ3v) is 4.78. The number of hydrogen-bond acceptors (Lipinski definition) is 5. The fraction of sp³-hybridized carbons (Fsp3) is 0.0870. The zero-order valence-corrected chi connectivity index (χ0v) is 15.6. The highest BCUT2D eigenvalue weighted by Gasteiger charge is 2.15. The lowest BCUT2D eigenvalue weighted by molar-refractivity contribution is 0.613.